The molecule has 1 aromatic carbocycles. The Morgan fingerprint density at radius 3 is 2.56 bits per heavy atom. The molecule has 1 aliphatic rings. The van der Waals surface area contributed by atoms with Crippen molar-refractivity contribution in [3.05, 3.63) is 51.6 Å². The lowest BCUT2D eigenvalue weighted by Crippen LogP contribution is -2.45. The summed E-state index contributed by atoms with van der Waals surface area (Å²) < 4.78 is 1.88. The van der Waals surface area contributed by atoms with Crippen molar-refractivity contribution in [2.75, 3.05) is 13.1 Å². The molecule has 0 spiro atoms. The number of carbonyl (C=O) groups excluding carboxylic acids is 1. The van der Waals surface area contributed by atoms with Crippen LogP contribution in [-0.2, 0) is 0 Å². The summed E-state index contributed by atoms with van der Waals surface area (Å²) in [6.07, 6.45) is 5.17. The van der Waals surface area contributed by atoms with E-state index in [-0.39, 0.29) is 5.91 Å². The first-order valence-corrected chi connectivity index (χ1v) is 10.2. The average molecular weight is 402 g/mol. The van der Waals surface area contributed by atoms with E-state index in [4.69, 9.17) is 11.6 Å². The topological polar surface area (TPSA) is 63.1 Å². The van der Waals surface area contributed by atoms with Crippen LogP contribution in [0.2, 0.25) is 5.02 Å². The SMILES string of the molecule is Cc1nc(-c2nc(C(=O)NN3CCCCC3)cn2-c2ccc(Cl)cc2)cs1. The van der Waals surface area contributed by atoms with Gasteiger partial charge in [0.15, 0.2) is 5.82 Å². The standard InChI is InChI=1S/C19H20ClN5OS/c1-13-21-17(12-27-13)18-22-16(19(26)23-24-9-3-2-4-10-24)11-25(18)15-7-5-14(20)6-8-15/h5-8,11-12H,2-4,9-10H2,1H3,(H,23,26). The van der Waals surface area contributed by atoms with Crippen LogP contribution in [0, 0.1) is 6.92 Å². The van der Waals surface area contributed by atoms with Gasteiger partial charge in [-0.3, -0.25) is 14.8 Å². The molecule has 6 nitrogen and oxygen atoms in total. The summed E-state index contributed by atoms with van der Waals surface area (Å²) >= 11 is 7.58. The number of nitrogens with zero attached hydrogens (tertiary/aromatic N) is 4. The second-order valence-electron chi connectivity index (χ2n) is 6.54. The third kappa shape index (κ3) is 4.05. The van der Waals surface area contributed by atoms with E-state index in [0.29, 0.717) is 16.5 Å². The normalized spacial score (nSPS) is 15.0. The number of piperidine rings is 1. The van der Waals surface area contributed by atoms with Crippen LogP contribution in [0.3, 0.4) is 0 Å². The highest BCUT2D eigenvalue weighted by molar-refractivity contribution is 7.09. The number of amides is 1. The Labute approximate surface area is 166 Å². The highest BCUT2D eigenvalue weighted by atomic mass is 35.5. The Bertz CT molecular complexity index is 943. The fourth-order valence-electron chi connectivity index (χ4n) is 3.14. The largest absolute Gasteiger partial charge is 0.298 e. The highest BCUT2D eigenvalue weighted by Gasteiger charge is 2.20. The van der Waals surface area contributed by atoms with Crippen LogP contribution in [-0.4, -0.2) is 38.5 Å². The van der Waals surface area contributed by atoms with Gasteiger partial charge in [0.1, 0.15) is 11.4 Å². The molecule has 27 heavy (non-hydrogen) atoms. The molecule has 1 aliphatic heterocycles. The number of benzene rings is 1. The molecule has 2 aromatic heterocycles. The van der Waals surface area contributed by atoms with E-state index in [1.165, 1.54) is 6.42 Å². The van der Waals surface area contributed by atoms with E-state index < -0.39 is 0 Å². The molecule has 0 radical (unpaired) electrons. The molecule has 3 heterocycles. The number of imidazole rings is 1. The number of aryl methyl sites for hydroxylation is 1. The van der Waals surface area contributed by atoms with Crippen molar-refractivity contribution in [1.82, 2.24) is 25.0 Å². The van der Waals surface area contributed by atoms with Crippen molar-refractivity contribution in [1.29, 1.82) is 0 Å². The van der Waals surface area contributed by atoms with E-state index in [1.807, 2.05) is 46.1 Å². The quantitative estimate of drug-likeness (QED) is 0.715. The minimum absolute atomic E-state index is 0.196. The molecule has 0 saturated carbocycles. The van der Waals surface area contributed by atoms with E-state index in [0.717, 1.165) is 42.3 Å². The molecule has 4 rings (SSSR count). The minimum Gasteiger partial charge on any atom is -0.298 e. The van der Waals surface area contributed by atoms with Gasteiger partial charge in [-0.25, -0.2) is 15.0 Å². The number of carbonyl (C=O) groups is 1. The van der Waals surface area contributed by atoms with E-state index in [9.17, 15) is 4.79 Å². The van der Waals surface area contributed by atoms with Crippen LogP contribution >= 0.6 is 22.9 Å². The summed E-state index contributed by atoms with van der Waals surface area (Å²) in [5.41, 5.74) is 4.98. The zero-order chi connectivity index (χ0) is 18.8. The van der Waals surface area contributed by atoms with Gasteiger partial charge >= 0.3 is 0 Å². The Morgan fingerprint density at radius 1 is 1.15 bits per heavy atom. The first-order chi connectivity index (χ1) is 13.1. The van der Waals surface area contributed by atoms with E-state index in [2.05, 4.69) is 15.4 Å². The van der Waals surface area contributed by atoms with Crippen molar-refractivity contribution < 1.29 is 4.79 Å². The minimum atomic E-state index is -0.196. The third-order valence-electron chi connectivity index (χ3n) is 4.51. The molecule has 0 bridgehead atoms. The first kappa shape index (κ1) is 18.2. The second-order valence-corrected chi connectivity index (χ2v) is 8.04. The third-order valence-corrected chi connectivity index (χ3v) is 5.53. The maximum absolute atomic E-state index is 12.7. The first-order valence-electron chi connectivity index (χ1n) is 8.94. The molecular formula is C19H20ClN5OS. The second kappa shape index (κ2) is 7.80. The average Bonchev–Trinajstić information content (AvgIpc) is 3.30. The molecule has 1 fully saturated rings. The van der Waals surface area contributed by atoms with Gasteiger partial charge in [-0.15, -0.1) is 11.3 Å². The zero-order valence-corrected chi connectivity index (χ0v) is 16.6. The predicted octanol–water partition coefficient (Wildman–Crippen LogP) is 4.09. The smallest absolute Gasteiger partial charge is 0.285 e. The molecular weight excluding hydrogens is 382 g/mol. The summed E-state index contributed by atoms with van der Waals surface area (Å²) in [5.74, 6) is 0.447. The lowest BCUT2D eigenvalue weighted by molar-refractivity contribution is 0.0745. The van der Waals surface area contributed by atoms with Gasteiger partial charge in [0.2, 0.25) is 0 Å². The number of aromatic nitrogens is 3. The summed E-state index contributed by atoms with van der Waals surface area (Å²) in [7, 11) is 0. The molecule has 1 N–H and O–H groups in total. The lowest BCUT2D eigenvalue weighted by atomic mass is 10.2. The number of rotatable bonds is 4. The van der Waals surface area contributed by atoms with E-state index in [1.54, 1.807) is 17.5 Å². The van der Waals surface area contributed by atoms with Crippen molar-refractivity contribution in [3.8, 4) is 17.2 Å². The molecule has 1 amide bonds. The molecule has 3 aromatic rings. The van der Waals surface area contributed by atoms with Crippen LogP contribution in [0.15, 0.2) is 35.8 Å². The van der Waals surface area contributed by atoms with Gasteiger partial charge in [-0.2, -0.15) is 0 Å². The van der Waals surface area contributed by atoms with Crippen molar-refractivity contribution >= 4 is 28.8 Å². The number of hydrogen-bond acceptors (Lipinski definition) is 5. The number of thiazole rings is 1. The van der Waals surface area contributed by atoms with Gasteiger partial charge in [0, 0.05) is 35.4 Å². The summed E-state index contributed by atoms with van der Waals surface area (Å²) in [6.45, 7) is 3.71. The zero-order valence-electron chi connectivity index (χ0n) is 15.0. The van der Waals surface area contributed by atoms with Gasteiger partial charge in [0.25, 0.3) is 5.91 Å². The van der Waals surface area contributed by atoms with Gasteiger partial charge < -0.3 is 0 Å². The maximum atomic E-state index is 12.7. The van der Waals surface area contributed by atoms with Crippen molar-refractivity contribution in [3.63, 3.8) is 0 Å². The van der Waals surface area contributed by atoms with E-state index >= 15 is 0 Å². The summed E-state index contributed by atoms with van der Waals surface area (Å²) in [5, 5.41) is 5.54. The van der Waals surface area contributed by atoms with Crippen LogP contribution in [0.1, 0.15) is 34.8 Å². The van der Waals surface area contributed by atoms with Gasteiger partial charge in [-0.1, -0.05) is 18.0 Å². The lowest BCUT2D eigenvalue weighted by Gasteiger charge is -2.26. The van der Waals surface area contributed by atoms with Crippen LogP contribution < -0.4 is 5.43 Å². The predicted molar refractivity (Wildman–Crippen MR) is 107 cm³/mol. The van der Waals surface area contributed by atoms with Crippen LogP contribution in [0.5, 0.6) is 0 Å². The van der Waals surface area contributed by atoms with Crippen molar-refractivity contribution in [2.45, 2.75) is 26.2 Å². The maximum Gasteiger partial charge on any atom is 0.285 e. The monoisotopic (exact) mass is 401 g/mol. The molecule has 140 valence electrons. The highest BCUT2D eigenvalue weighted by Crippen LogP contribution is 2.25. The van der Waals surface area contributed by atoms with Crippen molar-refractivity contribution in [2.24, 2.45) is 0 Å². The number of halogens is 1. The number of hydrogen-bond donors (Lipinski definition) is 1. The fraction of sp³-hybridized carbons (Fsp3) is 0.316. The van der Waals surface area contributed by atoms with Crippen LogP contribution in [0.25, 0.3) is 17.2 Å². The van der Waals surface area contributed by atoms with Gasteiger partial charge in [0.05, 0.1) is 5.01 Å². The summed E-state index contributed by atoms with van der Waals surface area (Å²) in [4.78, 5) is 21.9. The molecule has 1 saturated heterocycles. The molecule has 0 atom stereocenters. The molecule has 8 heteroatoms. The number of nitrogens with one attached hydrogen (secondary N) is 1. The Morgan fingerprint density at radius 2 is 1.89 bits per heavy atom. The van der Waals surface area contributed by atoms with Gasteiger partial charge in [-0.05, 0) is 44.0 Å². The summed E-state index contributed by atoms with van der Waals surface area (Å²) in [6, 6.07) is 7.44. The Balaban J connectivity index is 1.68. The van der Waals surface area contributed by atoms with Crippen LogP contribution in [0.4, 0.5) is 0 Å². The fourth-order valence-corrected chi connectivity index (χ4v) is 3.86. The Hall–Kier alpha value is -2.22. The molecule has 0 unspecified atom stereocenters. The molecule has 0 aliphatic carbocycles. The number of hydrazine groups is 1. The Kier molecular flexibility index (Phi) is 5.24.